The monoisotopic (exact) mass is 516 g/mol. The molecule has 1 aliphatic carbocycles. The molecule has 0 saturated heterocycles. The van der Waals surface area contributed by atoms with Crippen molar-refractivity contribution in [1.82, 2.24) is 4.98 Å². The molecule has 1 saturated carbocycles. The van der Waals surface area contributed by atoms with E-state index in [1.807, 2.05) is 30.3 Å². The second-order valence-corrected chi connectivity index (χ2v) is 9.77. The summed E-state index contributed by atoms with van der Waals surface area (Å²) in [6.45, 7) is 0. The summed E-state index contributed by atoms with van der Waals surface area (Å²) in [5, 5.41) is 26.9. The minimum absolute atomic E-state index is 0.0749. The fraction of sp³-hybridized carbons (Fsp3) is 0.172. The van der Waals surface area contributed by atoms with Crippen molar-refractivity contribution < 1.29 is 24.1 Å². The van der Waals surface area contributed by atoms with Crippen LogP contribution in [0.15, 0.2) is 91.0 Å². The van der Waals surface area contributed by atoms with Gasteiger partial charge in [-0.1, -0.05) is 66.2 Å². The van der Waals surface area contributed by atoms with Gasteiger partial charge in [0, 0.05) is 28.3 Å². The molecule has 0 radical (unpaired) electrons. The molecule has 1 fully saturated rings. The van der Waals surface area contributed by atoms with Gasteiger partial charge in [-0.25, -0.2) is 4.98 Å². The van der Waals surface area contributed by atoms with E-state index < -0.39 is 35.1 Å². The Morgan fingerprint density at radius 1 is 1.03 bits per heavy atom. The van der Waals surface area contributed by atoms with Gasteiger partial charge >= 0.3 is 0 Å². The third-order valence-electron chi connectivity index (χ3n) is 7.34. The lowest BCUT2D eigenvalue weighted by molar-refractivity contribution is -0.149. The number of hydrogen-bond donors (Lipinski definition) is 3. The number of benzene rings is 3. The maximum absolute atomic E-state index is 13.5. The maximum atomic E-state index is 13.5. The van der Waals surface area contributed by atoms with E-state index >= 15 is 0 Å². The molecule has 8 heteroatoms. The fourth-order valence-corrected chi connectivity index (χ4v) is 5.86. The van der Waals surface area contributed by atoms with Crippen LogP contribution in [-0.4, -0.2) is 27.2 Å². The van der Waals surface area contributed by atoms with E-state index in [0.29, 0.717) is 27.6 Å². The van der Waals surface area contributed by atoms with Gasteiger partial charge in [0.15, 0.2) is 11.2 Å². The molecule has 0 spiro atoms. The van der Waals surface area contributed by atoms with E-state index in [2.05, 4.69) is 10.3 Å². The van der Waals surface area contributed by atoms with Crippen molar-refractivity contribution in [3.63, 3.8) is 0 Å². The van der Waals surface area contributed by atoms with Crippen LogP contribution in [0, 0.1) is 5.95 Å². The van der Waals surface area contributed by atoms with Crippen LogP contribution in [0.4, 0.5) is 10.1 Å². The van der Waals surface area contributed by atoms with E-state index in [0.717, 1.165) is 11.6 Å². The van der Waals surface area contributed by atoms with Gasteiger partial charge in [-0.15, -0.1) is 0 Å². The first kappa shape index (κ1) is 23.6. The number of ether oxygens (including phenoxy) is 1. The number of aliphatic hydroxyl groups is 2. The zero-order valence-electron chi connectivity index (χ0n) is 19.4. The fourth-order valence-electron chi connectivity index (χ4n) is 5.74. The van der Waals surface area contributed by atoms with Crippen molar-refractivity contribution in [2.75, 3.05) is 5.32 Å². The second kappa shape index (κ2) is 8.66. The summed E-state index contributed by atoms with van der Waals surface area (Å²) in [5.74, 6) is -1.42. The van der Waals surface area contributed by atoms with E-state index in [4.69, 9.17) is 16.3 Å². The summed E-state index contributed by atoms with van der Waals surface area (Å²) < 4.78 is 20.1. The topological polar surface area (TPSA) is 91.7 Å². The molecular weight excluding hydrogens is 495 g/mol. The number of nitrogens with zero attached hydrogens (tertiary/aromatic N) is 1. The number of rotatable bonds is 4. The Kier molecular flexibility index (Phi) is 5.53. The number of hydrogen-bond acceptors (Lipinski definition) is 5. The summed E-state index contributed by atoms with van der Waals surface area (Å²) in [4.78, 5) is 16.3. The van der Waals surface area contributed by atoms with Gasteiger partial charge in [0.1, 0.15) is 11.4 Å². The number of carbonyl (C=O) groups excluding carboxylic acids is 1. The van der Waals surface area contributed by atoms with Gasteiger partial charge in [0.2, 0.25) is 5.95 Å². The number of aliphatic hydroxyl groups excluding tert-OH is 1. The summed E-state index contributed by atoms with van der Waals surface area (Å²) in [6.07, 6.45) is -0.863. The first-order valence-electron chi connectivity index (χ1n) is 11.8. The lowest BCUT2D eigenvalue weighted by atomic mass is 9.71. The van der Waals surface area contributed by atoms with Crippen LogP contribution in [0.1, 0.15) is 39.5 Å². The second-order valence-electron chi connectivity index (χ2n) is 9.34. The van der Waals surface area contributed by atoms with Crippen LogP contribution < -0.4 is 10.1 Å². The predicted octanol–water partition coefficient (Wildman–Crippen LogP) is 5.15. The van der Waals surface area contributed by atoms with Crippen LogP contribution in [0.5, 0.6) is 5.75 Å². The van der Waals surface area contributed by atoms with E-state index in [9.17, 15) is 19.4 Å². The standard InChI is InChI=1S/C29H22ClFN2O4/c30-19-11-9-18(10-12-19)29-22(17-5-2-1-3-6-17)16-25(34)28(29,36)21-14-13-20(15-24(21)37-29)32-27(35)23-7-4-8-26(31)33-23/h1-15,22,25,34,36H,16H2,(H,32,35). The molecule has 3 aromatic carbocycles. The number of nitrogens with one attached hydrogen (secondary N) is 1. The van der Waals surface area contributed by atoms with Crippen LogP contribution in [0.25, 0.3) is 0 Å². The first-order chi connectivity index (χ1) is 17.8. The molecule has 6 rings (SSSR count). The highest BCUT2D eigenvalue weighted by Crippen LogP contribution is 2.66. The molecule has 4 unspecified atom stereocenters. The maximum Gasteiger partial charge on any atom is 0.274 e. The highest BCUT2D eigenvalue weighted by atomic mass is 35.5. The summed E-state index contributed by atoms with van der Waals surface area (Å²) in [7, 11) is 0. The zero-order valence-corrected chi connectivity index (χ0v) is 20.2. The van der Waals surface area contributed by atoms with Crippen molar-refractivity contribution >= 4 is 23.2 Å². The van der Waals surface area contributed by atoms with Crippen molar-refractivity contribution in [1.29, 1.82) is 0 Å². The SMILES string of the molecule is O=C(Nc1ccc2c(c1)OC1(c3ccc(Cl)cc3)C(c3ccccc3)CC(O)C21O)c1cccc(F)n1. The Morgan fingerprint density at radius 2 is 1.78 bits per heavy atom. The lowest BCUT2D eigenvalue weighted by Gasteiger charge is -2.40. The average molecular weight is 517 g/mol. The minimum atomic E-state index is -1.77. The molecule has 0 bridgehead atoms. The molecule has 2 aliphatic rings. The average Bonchev–Trinajstić information content (AvgIpc) is 3.29. The minimum Gasteiger partial charge on any atom is -0.478 e. The summed E-state index contributed by atoms with van der Waals surface area (Å²) in [6, 6.07) is 25.5. The van der Waals surface area contributed by atoms with Crippen LogP contribution >= 0.6 is 11.6 Å². The molecule has 6 nitrogen and oxygen atoms in total. The molecule has 1 aliphatic heterocycles. The smallest absolute Gasteiger partial charge is 0.274 e. The third-order valence-corrected chi connectivity index (χ3v) is 7.59. The van der Waals surface area contributed by atoms with E-state index in [-0.39, 0.29) is 12.1 Å². The van der Waals surface area contributed by atoms with Gasteiger partial charge in [-0.05, 0) is 47.9 Å². The Labute approximate surface area is 217 Å². The third kappa shape index (κ3) is 3.54. The molecule has 186 valence electrons. The number of aromatic nitrogens is 1. The zero-order chi connectivity index (χ0) is 25.8. The molecule has 37 heavy (non-hydrogen) atoms. The molecule has 1 aromatic heterocycles. The van der Waals surface area contributed by atoms with Crippen molar-refractivity contribution in [3.05, 3.63) is 124 Å². The Morgan fingerprint density at radius 3 is 2.51 bits per heavy atom. The van der Waals surface area contributed by atoms with Gasteiger partial charge in [0.05, 0.1) is 6.10 Å². The van der Waals surface area contributed by atoms with Gasteiger partial charge in [-0.2, -0.15) is 4.39 Å². The van der Waals surface area contributed by atoms with E-state index in [1.165, 1.54) is 12.1 Å². The highest BCUT2D eigenvalue weighted by molar-refractivity contribution is 6.30. The number of amides is 1. The lowest BCUT2D eigenvalue weighted by Crippen LogP contribution is -2.51. The number of fused-ring (bicyclic) bond motifs is 3. The van der Waals surface area contributed by atoms with E-state index in [1.54, 1.807) is 42.5 Å². The van der Waals surface area contributed by atoms with Crippen molar-refractivity contribution in [2.24, 2.45) is 0 Å². The van der Waals surface area contributed by atoms with Crippen LogP contribution in [0.2, 0.25) is 5.02 Å². The molecule has 4 atom stereocenters. The number of anilines is 1. The Hall–Kier alpha value is -3.78. The van der Waals surface area contributed by atoms with Gasteiger partial charge < -0.3 is 20.3 Å². The number of carbonyl (C=O) groups is 1. The molecule has 4 aromatic rings. The summed E-state index contributed by atoms with van der Waals surface area (Å²) >= 11 is 6.17. The molecule has 3 N–H and O–H groups in total. The van der Waals surface area contributed by atoms with Crippen molar-refractivity contribution in [3.8, 4) is 5.75 Å². The normalized spacial score (nSPS) is 25.7. The first-order valence-corrected chi connectivity index (χ1v) is 12.2. The van der Waals surface area contributed by atoms with Crippen LogP contribution in [-0.2, 0) is 11.2 Å². The molecular formula is C29H22ClFN2O4. The number of halogens is 2. The van der Waals surface area contributed by atoms with Gasteiger partial charge in [-0.3, -0.25) is 4.79 Å². The van der Waals surface area contributed by atoms with Gasteiger partial charge in [0.25, 0.3) is 5.91 Å². The predicted molar refractivity (Wildman–Crippen MR) is 136 cm³/mol. The Bertz CT molecular complexity index is 1500. The number of pyridine rings is 1. The molecule has 1 amide bonds. The summed E-state index contributed by atoms with van der Waals surface area (Å²) in [5.41, 5.74) is -0.849. The highest BCUT2D eigenvalue weighted by Gasteiger charge is 2.72. The Balaban J connectivity index is 1.45. The van der Waals surface area contributed by atoms with Crippen LogP contribution in [0.3, 0.4) is 0 Å². The van der Waals surface area contributed by atoms with Crippen molar-refractivity contribution in [2.45, 2.75) is 29.6 Å². The molecule has 2 heterocycles. The largest absolute Gasteiger partial charge is 0.478 e. The quantitative estimate of drug-likeness (QED) is 0.326.